The highest BCUT2D eigenvalue weighted by Crippen LogP contribution is 2.20. The highest BCUT2D eigenvalue weighted by atomic mass is 16.5. The molecular weight excluding hydrogens is 202 g/mol. The summed E-state index contributed by atoms with van der Waals surface area (Å²) in [7, 11) is 0. The van der Waals surface area contributed by atoms with Gasteiger partial charge in [-0.2, -0.15) is 0 Å². The van der Waals surface area contributed by atoms with Crippen LogP contribution < -0.4 is 5.32 Å². The lowest BCUT2D eigenvalue weighted by Crippen LogP contribution is -2.23. The van der Waals surface area contributed by atoms with E-state index >= 15 is 0 Å². The zero-order valence-electron chi connectivity index (χ0n) is 10.4. The summed E-state index contributed by atoms with van der Waals surface area (Å²) in [6.45, 7) is 8.12. The Morgan fingerprint density at radius 1 is 1.00 bits per heavy atom. The summed E-state index contributed by atoms with van der Waals surface area (Å²) in [6, 6.07) is 8.81. The van der Waals surface area contributed by atoms with E-state index in [0.29, 0.717) is 12.0 Å². The highest BCUT2D eigenvalue weighted by Gasteiger charge is 2.21. The zero-order valence-corrected chi connectivity index (χ0v) is 10.4. The van der Waals surface area contributed by atoms with Gasteiger partial charge in [0.05, 0.1) is 0 Å². The number of benzene rings is 1. The molecule has 0 radical (unpaired) electrons. The minimum atomic E-state index is -1.67. The van der Waals surface area contributed by atoms with Gasteiger partial charge in [-0.05, 0) is 13.1 Å². The number of hydrogen-bond acceptors (Lipinski definition) is 3. The van der Waals surface area contributed by atoms with E-state index in [1.807, 2.05) is 6.07 Å². The molecule has 0 aliphatic carbocycles. The Balaban J connectivity index is 0.000000385. The van der Waals surface area contributed by atoms with E-state index < -0.39 is 5.79 Å². The fraction of sp³-hybridized carbons (Fsp3) is 0.538. The van der Waals surface area contributed by atoms with Gasteiger partial charge in [-0.1, -0.05) is 51.1 Å². The van der Waals surface area contributed by atoms with Gasteiger partial charge in [-0.15, -0.1) is 0 Å². The summed E-state index contributed by atoms with van der Waals surface area (Å²) in [6.07, 6.45) is 0.303. The lowest BCUT2D eigenvalue weighted by atomic mass is 10.0. The summed E-state index contributed by atoms with van der Waals surface area (Å²) in [5.74, 6) is -1.67. The van der Waals surface area contributed by atoms with Gasteiger partial charge < -0.3 is 15.5 Å². The quantitative estimate of drug-likeness (QED) is 0.685. The second kappa shape index (κ2) is 8.28. The molecule has 0 fully saturated rings. The van der Waals surface area contributed by atoms with Crippen molar-refractivity contribution in [2.24, 2.45) is 0 Å². The Morgan fingerprint density at radius 2 is 1.50 bits per heavy atom. The van der Waals surface area contributed by atoms with Crippen molar-refractivity contribution in [1.82, 2.24) is 5.32 Å². The minimum Gasteiger partial charge on any atom is -0.362 e. The fourth-order valence-corrected chi connectivity index (χ4v) is 1.16. The maximum Gasteiger partial charge on any atom is 0.189 e. The molecule has 0 saturated heterocycles. The first-order chi connectivity index (χ1) is 7.58. The first kappa shape index (κ1) is 15.1. The van der Waals surface area contributed by atoms with Crippen LogP contribution in [0.5, 0.6) is 0 Å². The van der Waals surface area contributed by atoms with Crippen LogP contribution in [0.25, 0.3) is 0 Å². The first-order valence-corrected chi connectivity index (χ1v) is 5.79. The molecule has 92 valence electrons. The van der Waals surface area contributed by atoms with Gasteiger partial charge in [-0.25, -0.2) is 0 Å². The Bertz CT molecular complexity index is 258. The van der Waals surface area contributed by atoms with Crippen molar-refractivity contribution in [2.45, 2.75) is 33.0 Å². The Morgan fingerprint density at radius 3 is 1.81 bits per heavy atom. The van der Waals surface area contributed by atoms with Gasteiger partial charge in [0.2, 0.25) is 0 Å². The van der Waals surface area contributed by atoms with Crippen LogP contribution in [0.15, 0.2) is 30.3 Å². The largest absolute Gasteiger partial charge is 0.362 e. The third-order valence-electron chi connectivity index (χ3n) is 2.23. The van der Waals surface area contributed by atoms with Crippen LogP contribution in [0.3, 0.4) is 0 Å². The summed E-state index contributed by atoms with van der Waals surface area (Å²) in [5.41, 5.74) is 0.544. The molecule has 0 aliphatic heterocycles. The summed E-state index contributed by atoms with van der Waals surface area (Å²) >= 11 is 0. The molecule has 3 nitrogen and oxygen atoms in total. The maximum absolute atomic E-state index is 9.35. The molecule has 1 aromatic carbocycles. The lowest BCUT2D eigenvalue weighted by Gasteiger charge is -2.19. The standard InChI is InChI=1S/C9H12O2.C4H11N/c1-2-9(10,11)8-6-4-3-5-7-8;1-3-5-4-2/h3-7,10-11H,2H2,1H3;5H,3-4H2,1-2H3. The molecule has 1 rings (SSSR count). The van der Waals surface area contributed by atoms with Crippen molar-refractivity contribution in [3.63, 3.8) is 0 Å². The first-order valence-electron chi connectivity index (χ1n) is 5.79. The molecule has 0 aromatic heterocycles. The van der Waals surface area contributed by atoms with Gasteiger partial charge in [0.1, 0.15) is 0 Å². The average Bonchev–Trinajstić information content (AvgIpc) is 2.32. The number of hydrogen-bond donors (Lipinski definition) is 3. The van der Waals surface area contributed by atoms with E-state index in [1.54, 1.807) is 31.2 Å². The van der Waals surface area contributed by atoms with Crippen LogP contribution in [0, 0.1) is 0 Å². The Kier molecular flexibility index (Phi) is 7.81. The minimum absolute atomic E-state index is 0.303. The van der Waals surface area contributed by atoms with Crippen LogP contribution in [0.4, 0.5) is 0 Å². The van der Waals surface area contributed by atoms with Crippen molar-refractivity contribution >= 4 is 0 Å². The molecule has 16 heavy (non-hydrogen) atoms. The highest BCUT2D eigenvalue weighted by molar-refractivity contribution is 5.19. The molecular formula is C13H23NO2. The zero-order chi connectivity index (χ0) is 12.4. The molecule has 0 heterocycles. The smallest absolute Gasteiger partial charge is 0.189 e. The van der Waals surface area contributed by atoms with Crippen molar-refractivity contribution in [1.29, 1.82) is 0 Å². The normalized spacial score (nSPS) is 10.6. The van der Waals surface area contributed by atoms with Gasteiger partial charge in [-0.3, -0.25) is 0 Å². The third-order valence-corrected chi connectivity index (χ3v) is 2.23. The molecule has 0 unspecified atom stereocenters. The lowest BCUT2D eigenvalue weighted by molar-refractivity contribution is -0.171. The number of rotatable bonds is 4. The molecule has 1 aromatic rings. The van der Waals surface area contributed by atoms with Gasteiger partial charge in [0.15, 0.2) is 5.79 Å². The van der Waals surface area contributed by atoms with Crippen molar-refractivity contribution < 1.29 is 10.2 Å². The third kappa shape index (κ3) is 5.85. The van der Waals surface area contributed by atoms with E-state index in [2.05, 4.69) is 19.2 Å². The molecule has 0 aliphatic rings. The number of nitrogens with one attached hydrogen (secondary N) is 1. The van der Waals surface area contributed by atoms with Crippen LogP contribution in [-0.2, 0) is 5.79 Å². The average molecular weight is 225 g/mol. The van der Waals surface area contributed by atoms with Crippen LogP contribution in [0.2, 0.25) is 0 Å². The van der Waals surface area contributed by atoms with Crippen LogP contribution >= 0.6 is 0 Å². The van der Waals surface area contributed by atoms with Crippen LogP contribution in [0.1, 0.15) is 32.8 Å². The molecule has 0 saturated carbocycles. The maximum atomic E-state index is 9.35. The molecule has 3 N–H and O–H groups in total. The van der Waals surface area contributed by atoms with Gasteiger partial charge in [0, 0.05) is 12.0 Å². The van der Waals surface area contributed by atoms with Gasteiger partial charge >= 0.3 is 0 Å². The SMILES string of the molecule is CCC(O)(O)c1ccccc1.CCNCC. The Hall–Kier alpha value is -0.900. The van der Waals surface area contributed by atoms with Crippen molar-refractivity contribution in [3.05, 3.63) is 35.9 Å². The molecule has 0 atom stereocenters. The molecule has 0 amide bonds. The second-order valence-corrected chi connectivity index (χ2v) is 3.49. The predicted molar refractivity (Wildman–Crippen MR) is 67.1 cm³/mol. The second-order valence-electron chi connectivity index (χ2n) is 3.49. The van der Waals surface area contributed by atoms with Crippen molar-refractivity contribution in [3.8, 4) is 0 Å². The van der Waals surface area contributed by atoms with E-state index in [1.165, 1.54) is 0 Å². The molecule has 0 spiro atoms. The predicted octanol–water partition coefficient (Wildman–Crippen LogP) is 1.85. The van der Waals surface area contributed by atoms with E-state index in [9.17, 15) is 10.2 Å². The monoisotopic (exact) mass is 225 g/mol. The molecule has 3 heteroatoms. The van der Waals surface area contributed by atoms with E-state index in [0.717, 1.165) is 13.1 Å². The fourth-order valence-electron chi connectivity index (χ4n) is 1.16. The summed E-state index contributed by atoms with van der Waals surface area (Å²) < 4.78 is 0. The van der Waals surface area contributed by atoms with Gasteiger partial charge in [0.25, 0.3) is 0 Å². The van der Waals surface area contributed by atoms with E-state index in [-0.39, 0.29) is 0 Å². The summed E-state index contributed by atoms with van der Waals surface area (Å²) in [5, 5.41) is 21.8. The van der Waals surface area contributed by atoms with Crippen LogP contribution in [-0.4, -0.2) is 23.3 Å². The summed E-state index contributed by atoms with van der Waals surface area (Å²) in [4.78, 5) is 0. The molecule has 0 bridgehead atoms. The Labute approximate surface area is 98.1 Å². The number of aliphatic hydroxyl groups is 2. The van der Waals surface area contributed by atoms with Crippen molar-refractivity contribution in [2.75, 3.05) is 13.1 Å². The topological polar surface area (TPSA) is 52.5 Å². The van der Waals surface area contributed by atoms with E-state index in [4.69, 9.17) is 0 Å².